The molecule has 1 aliphatic carbocycles. The molecule has 0 unspecified atom stereocenters. The molecule has 1 aromatic heterocycles. The van der Waals surface area contributed by atoms with Gasteiger partial charge in [0.15, 0.2) is 0 Å². The first-order valence-electron chi connectivity index (χ1n) is 11.0. The van der Waals surface area contributed by atoms with Gasteiger partial charge in [-0.2, -0.15) is 8.78 Å². The summed E-state index contributed by atoms with van der Waals surface area (Å²) in [6, 6.07) is 14.0. The molecule has 9 heteroatoms. The number of aliphatic carboxylic acids is 1. The predicted octanol–water partition coefficient (Wildman–Crippen LogP) is 4.71. The van der Waals surface area contributed by atoms with Crippen LogP contribution in [0.25, 0.3) is 0 Å². The van der Waals surface area contributed by atoms with E-state index in [-0.39, 0.29) is 39.5 Å². The SMILES string of the molecule is Cc1c(Cc2ccccc2S(=O)(=O)c2ccccc2)c2c(n1CC(=O)O)CC(C)(C)C(F)(F)C2=O. The summed E-state index contributed by atoms with van der Waals surface area (Å²) in [6.07, 6.45) is -0.315. The maximum absolute atomic E-state index is 15.1. The van der Waals surface area contributed by atoms with Gasteiger partial charge in [-0.15, -0.1) is 0 Å². The zero-order valence-electron chi connectivity index (χ0n) is 19.5. The molecule has 0 spiro atoms. The number of carbonyl (C=O) groups excluding carboxylic acids is 1. The van der Waals surface area contributed by atoms with Gasteiger partial charge in [0, 0.05) is 28.8 Å². The Hall–Kier alpha value is -3.33. The molecule has 6 nitrogen and oxygen atoms in total. The lowest BCUT2D eigenvalue weighted by atomic mass is 9.72. The van der Waals surface area contributed by atoms with Crippen molar-refractivity contribution in [2.75, 3.05) is 0 Å². The number of ketones is 1. The lowest BCUT2D eigenvalue weighted by molar-refractivity contribution is -0.137. The molecular weight excluding hydrogens is 476 g/mol. The first-order chi connectivity index (χ1) is 16.3. The molecule has 35 heavy (non-hydrogen) atoms. The van der Waals surface area contributed by atoms with Gasteiger partial charge in [0.25, 0.3) is 0 Å². The van der Waals surface area contributed by atoms with Crippen molar-refractivity contribution in [3.8, 4) is 0 Å². The van der Waals surface area contributed by atoms with Crippen molar-refractivity contribution >= 4 is 21.6 Å². The molecule has 4 rings (SSSR count). The Bertz CT molecular complexity index is 1440. The van der Waals surface area contributed by atoms with E-state index in [0.29, 0.717) is 11.3 Å². The average molecular weight is 502 g/mol. The number of hydrogen-bond donors (Lipinski definition) is 1. The Morgan fingerprint density at radius 2 is 1.66 bits per heavy atom. The minimum atomic E-state index is -3.92. The highest BCUT2D eigenvalue weighted by atomic mass is 32.2. The maximum Gasteiger partial charge on any atom is 0.323 e. The number of fused-ring (bicyclic) bond motifs is 1. The van der Waals surface area contributed by atoms with Gasteiger partial charge in [-0.1, -0.05) is 50.2 Å². The van der Waals surface area contributed by atoms with Crippen LogP contribution < -0.4 is 0 Å². The molecule has 0 atom stereocenters. The van der Waals surface area contributed by atoms with E-state index in [1.807, 2.05) is 0 Å². The molecule has 0 radical (unpaired) electrons. The number of halogens is 2. The Morgan fingerprint density at radius 3 is 2.29 bits per heavy atom. The Morgan fingerprint density at radius 1 is 1.06 bits per heavy atom. The molecule has 0 saturated carbocycles. The standard InChI is InChI=1S/C26H25F2NO5S/c1-16-19(13-17-9-7-8-12-21(17)35(33,34)18-10-5-4-6-11-18)23-20(29(16)15-22(30)31)14-25(2,3)26(27,28)24(23)32/h4-12H,13-15H2,1-3H3,(H,30,31). The average Bonchev–Trinajstić information content (AvgIpc) is 3.03. The molecule has 0 fully saturated rings. The van der Waals surface area contributed by atoms with Gasteiger partial charge in [-0.05, 0) is 42.7 Å². The number of aromatic nitrogens is 1. The topological polar surface area (TPSA) is 93.4 Å². The fourth-order valence-corrected chi connectivity index (χ4v) is 6.21. The third-order valence-corrected chi connectivity index (χ3v) is 8.58. The zero-order valence-corrected chi connectivity index (χ0v) is 20.3. The molecule has 2 aromatic carbocycles. The number of Topliss-reactive ketones (excluding diaryl/α,β-unsaturated/α-hetero) is 1. The van der Waals surface area contributed by atoms with Gasteiger partial charge in [-0.3, -0.25) is 9.59 Å². The van der Waals surface area contributed by atoms with Gasteiger partial charge in [0.1, 0.15) is 6.54 Å². The van der Waals surface area contributed by atoms with E-state index >= 15 is 8.78 Å². The van der Waals surface area contributed by atoms with Gasteiger partial charge < -0.3 is 9.67 Å². The molecule has 0 aliphatic heterocycles. The van der Waals surface area contributed by atoms with Crippen molar-refractivity contribution < 1.29 is 31.9 Å². The summed E-state index contributed by atoms with van der Waals surface area (Å²) < 4.78 is 58.3. The van der Waals surface area contributed by atoms with Crippen LogP contribution in [0.4, 0.5) is 8.78 Å². The summed E-state index contributed by atoms with van der Waals surface area (Å²) in [7, 11) is -3.92. The molecule has 1 aliphatic rings. The first-order valence-corrected chi connectivity index (χ1v) is 12.5. The number of sulfone groups is 1. The number of rotatable bonds is 6. The molecule has 3 aromatic rings. The summed E-state index contributed by atoms with van der Waals surface area (Å²) in [5.41, 5.74) is -0.771. The van der Waals surface area contributed by atoms with Crippen LogP contribution in [-0.4, -0.2) is 35.8 Å². The molecule has 0 bridgehead atoms. The molecule has 0 saturated heterocycles. The third kappa shape index (κ3) is 3.97. The van der Waals surface area contributed by atoms with Crippen molar-refractivity contribution in [3.63, 3.8) is 0 Å². The Labute approximate surface area is 202 Å². The van der Waals surface area contributed by atoms with E-state index in [2.05, 4.69) is 0 Å². The molecule has 184 valence electrons. The molecular formula is C26H25F2NO5S. The first kappa shape index (κ1) is 24.8. The lowest BCUT2D eigenvalue weighted by Gasteiger charge is -2.37. The summed E-state index contributed by atoms with van der Waals surface area (Å²) >= 11 is 0. The van der Waals surface area contributed by atoms with Gasteiger partial charge in [0.2, 0.25) is 15.6 Å². The van der Waals surface area contributed by atoms with Crippen molar-refractivity contribution in [1.82, 2.24) is 4.57 Å². The number of carboxylic acids is 1. The number of hydrogen-bond acceptors (Lipinski definition) is 4. The smallest absolute Gasteiger partial charge is 0.323 e. The summed E-state index contributed by atoms with van der Waals surface area (Å²) in [5, 5.41) is 9.43. The quantitative estimate of drug-likeness (QED) is 0.528. The van der Waals surface area contributed by atoms with Crippen LogP contribution in [0.15, 0.2) is 64.4 Å². The van der Waals surface area contributed by atoms with Gasteiger partial charge in [0.05, 0.1) is 9.79 Å². The van der Waals surface area contributed by atoms with Gasteiger partial charge in [-0.25, -0.2) is 8.42 Å². The highest BCUT2D eigenvalue weighted by Gasteiger charge is 2.58. The lowest BCUT2D eigenvalue weighted by Crippen LogP contribution is -2.49. The number of carbonyl (C=O) groups is 2. The van der Waals surface area contributed by atoms with E-state index in [0.717, 1.165) is 0 Å². The van der Waals surface area contributed by atoms with Crippen LogP contribution in [0, 0.1) is 12.3 Å². The van der Waals surface area contributed by atoms with Crippen molar-refractivity contribution in [2.45, 2.75) is 55.9 Å². The van der Waals surface area contributed by atoms with Crippen LogP contribution in [0.2, 0.25) is 0 Å². The molecule has 1 heterocycles. The third-order valence-electron chi connectivity index (χ3n) is 6.71. The van der Waals surface area contributed by atoms with Crippen LogP contribution in [0.5, 0.6) is 0 Å². The predicted molar refractivity (Wildman–Crippen MR) is 125 cm³/mol. The van der Waals surface area contributed by atoms with Crippen molar-refractivity contribution in [1.29, 1.82) is 0 Å². The minimum absolute atomic E-state index is 0.000632. The maximum atomic E-state index is 15.1. The second-order valence-electron chi connectivity index (χ2n) is 9.43. The number of nitrogens with zero attached hydrogens (tertiary/aromatic N) is 1. The van der Waals surface area contributed by atoms with Crippen LogP contribution in [0.3, 0.4) is 0 Å². The van der Waals surface area contributed by atoms with Crippen molar-refractivity contribution in [2.24, 2.45) is 5.41 Å². The normalized spacial score (nSPS) is 16.7. The van der Waals surface area contributed by atoms with Crippen LogP contribution in [0.1, 0.15) is 46.7 Å². The number of carboxylic acid groups (broad SMARTS) is 1. The summed E-state index contributed by atoms with van der Waals surface area (Å²) in [4.78, 5) is 24.7. The zero-order chi connectivity index (χ0) is 25.8. The minimum Gasteiger partial charge on any atom is -0.480 e. The summed E-state index contributed by atoms with van der Waals surface area (Å²) in [6.45, 7) is 3.64. The summed E-state index contributed by atoms with van der Waals surface area (Å²) in [5.74, 6) is -6.20. The number of benzene rings is 2. The van der Waals surface area contributed by atoms with E-state index < -0.39 is 39.5 Å². The monoisotopic (exact) mass is 501 g/mol. The second kappa shape index (κ2) is 8.41. The Kier molecular flexibility index (Phi) is 5.95. The number of alkyl halides is 2. The van der Waals surface area contributed by atoms with E-state index in [1.54, 1.807) is 43.3 Å². The van der Waals surface area contributed by atoms with Crippen molar-refractivity contribution in [3.05, 3.63) is 82.7 Å². The second-order valence-corrected chi connectivity index (χ2v) is 11.3. The van der Waals surface area contributed by atoms with Gasteiger partial charge >= 0.3 is 11.9 Å². The van der Waals surface area contributed by atoms with E-state index in [4.69, 9.17) is 0 Å². The molecule has 1 N–H and O–H groups in total. The Balaban J connectivity index is 1.91. The fourth-order valence-electron chi connectivity index (χ4n) is 4.70. The highest BCUT2D eigenvalue weighted by molar-refractivity contribution is 7.91. The van der Waals surface area contributed by atoms with Crippen LogP contribution >= 0.6 is 0 Å². The highest BCUT2D eigenvalue weighted by Crippen LogP contribution is 2.48. The molecule has 0 amide bonds. The van der Waals surface area contributed by atoms with E-state index in [1.165, 1.54) is 36.6 Å². The largest absolute Gasteiger partial charge is 0.480 e. The van der Waals surface area contributed by atoms with Crippen LogP contribution in [-0.2, 0) is 34.0 Å². The van der Waals surface area contributed by atoms with E-state index in [9.17, 15) is 23.1 Å². The fraction of sp³-hybridized carbons (Fsp3) is 0.308.